The van der Waals surface area contributed by atoms with Crippen LogP contribution in [0.4, 0.5) is 5.82 Å². The Bertz CT molecular complexity index is 979. The number of benzene rings is 1. The SMILES string of the molecule is CCCCOc1nc(N)c2[nH]cc(Cc3ccc(CCC)c(CCC(C)CC)c3)c2n1. The highest BCUT2D eigenvalue weighted by atomic mass is 16.5. The number of H-pyrrole nitrogens is 1. The molecular formula is C26H38N4O. The van der Waals surface area contributed by atoms with Crippen LogP contribution in [-0.2, 0) is 19.3 Å². The number of rotatable bonds is 12. The van der Waals surface area contributed by atoms with E-state index in [9.17, 15) is 0 Å². The summed E-state index contributed by atoms with van der Waals surface area (Å²) >= 11 is 0. The van der Waals surface area contributed by atoms with E-state index in [1.165, 1.54) is 36.0 Å². The van der Waals surface area contributed by atoms with Crippen LogP contribution in [0.5, 0.6) is 6.01 Å². The van der Waals surface area contributed by atoms with Gasteiger partial charge in [-0.3, -0.25) is 0 Å². The minimum Gasteiger partial charge on any atom is -0.463 e. The zero-order chi connectivity index (χ0) is 22.2. The topological polar surface area (TPSA) is 76.8 Å². The highest BCUT2D eigenvalue weighted by Gasteiger charge is 2.14. The van der Waals surface area contributed by atoms with Gasteiger partial charge in [-0.1, -0.05) is 65.2 Å². The maximum absolute atomic E-state index is 6.16. The Kier molecular flexibility index (Phi) is 8.33. The van der Waals surface area contributed by atoms with Crippen molar-refractivity contribution < 1.29 is 4.74 Å². The Hall–Kier alpha value is -2.56. The number of nitrogens with zero attached hydrogens (tertiary/aromatic N) is 2. The maximum Gasteiger partial charge on any atom is 0.319 e. The number of hydrogen-bond donors (Lipinski definition) is 2. The number of nitrogens with one attached hydrogen (secondary N) is 1. The fourth-order valence-electron chi connectivity index (χ4n) is 3.93. The van der Waals surface area contributed by atoms with Gasteiger partial charge in [0.05, 0.1) is 6.61 Å². The van der Waals surface area contributed by atoms with Gasteiger partial charge in [0, 0.05) is 18.2 Å². The first-order chi connectivity index (χ1) is 15.0. The van der Waals surface area contributed by atoms with Crippen molar-refractivity contribution in [3.8, 4) is 6.01 Å². The summed E-state index contributed by atoms with van der Waals surface area (Å²) in [5.41, 5.74) is 13.2. The molecule has 2 aromatic heterocycles. The lowest BCUT2D eigenvalue weighted by Gasteiger charge is -2.14. The van der Waals surface area contributed by atoms with Crippen molar-refractivity contribution in [2.24, 2.45) is 5.92 Å². The molecular weight excluding hydrogens is 384 g/mol. The summed E-state index contributed by atoms with van der Waals surface area (Å²) in [5, 5.41) is 0. The van der Waals surface area contributed by atoms with Gasteiger partial charge in [-0.2, -0.15) is 9.97 Å². The van der Waals surface area contributed by atoms with Crippen molar-refractivity contribution in [3.63, 3.8) is 0 Å². The molecule has 2 heterocycles. The van der Waals surface area contributed by atoms with Gasteiger partial charge < -0.3 is 15.5 Å². The number of aromatic amines is 1. The van der Waals surface area contributed by atoms with Crippen molar-refractivity contribution >= 4 is 16.9 Å². The quantitative estimate of drug-likeness (QED) is 0.339. The van der Waals surface area contributed by atoms with E-state index in [1.807, 2.05) is 6.20 Å². The Morgan fingerprint density at radius 1 is 1.03 bits per heavy atom. The summed E-state index contributed by atoms with van der Waals surface area (Å²) in [4.78, 5) is 12.2. The van der Waals surface area contributed by atoms with E-state index < -0.39 is 0 Å². The van der Waals surface area contributed by atoms with Gasteiger partial charge in [-0.25, -0.2) is 0 Å². The highest BCUT2D eigenvalue weighted by Crippen LogP contribution is 2.26. The molecule has 0 spiro atoms. The fraction of sp³-hybridized carbons (Fsp3) is 0.538. The van der Waals surface area contributed by atoms with Crippen LogP contribution in [0.1, 0.15) is 82.1 Å². The van der Waals surface area contributed by atoms with Gasteiger partial charge in [0.25, 0.3) is 0 Å². The number of nitrogen functional groups attached to an aromatic ring is 1. The van der Waals surface area contributed by atoms with E-state index in [2.05, 4.69) is 60.8 Å². The standard InChI is InChI=1S/C26H38N4O/c1-5-8-14-31-26-29-23-22(17-28-24(23)25(27)30-26)16-19-11-13-20(9-6-2)21(15-19)12-10-18(4)7-3/h11,13,15,17-18,28H,5-10,12,14,16H2,1-4H3,(H2,27,29,30). The van der Waals surface area contributed by atoms with Gasteiger partial charge in [-0.15, -0.1) is 0 Å². The summed E-state index contributed by atoms with van der Waals surface area (Å²) in [7, 11) is 0. The zero-order valence-corrected chi connectivity index (χ0v) is 19.6. The lowest BCUT2D eigenvalue weighted by molar-refractivity contribution is 0.287. The lowest BCUT2D eigenvalue weighted by atomic mass is 9.92. The zero-order valence-electron chi connectivity index (χ0n) is 19.6. The Morgan fingerprint density at radius 3 is 2.61 bits per heavy atom. The number of nitrogens with two attached hydrogens (primary N) is 1. The maximum atomic E-state index is 6.16. The van der Waals surface area contributed by atoms with E-state index in [1.54, 1.807) is 0 Å². The third-order valence-corrected chi connectivity index (χ3v) is 6.13. The summed E-state index contributed by atoms with van der Waals surface area (Å²) in [5.74, 6) is 1.20. The summed E-state index contributed by atoms with van der Waals surface area (Å²) in [6, 6.07) is 7.35. The van der Waals surface area contributed by atoms with Gasteiger partial charge in [-0.05, 0) is 48.3 Å². The van der Waals surface area contributed by atoms with E-state index in [4.69, 9.17) is 10.5 Å². The second kappa shape index (κ2) is 11.2. The van der Waals surface area contributed by atoms with Crippen LogP contribution in [0.2, 0.25) is 0 Å². The van der Waals surface area contributed by atoms with Crippen LogP contribution in [0.25, 0.3) is 11.0 Å². The number of hydrogen-bond acceptors (Lipinski definition) is 4. The molecule has 1 atom stereocenters. The molecule has 0 aliphatic heterocycles. The van der Waals surface area contributed by atoms with Crippen molar-refractivity contribution in [1.29, 1.82) is 0 Å². The van der Waals surface area contributed by atoms with Gasteiger partial charge in [0.15, 0.2) is 5.82 Å². The Morgan fingerprint density at radius 2 is 1.87 bits per heavy atom. The molecule has 0 amide bonds. The number of aryl methyl sites for hydroxylation is 2. The van der Waals surface area contributed by atoms with Crippen LogP contribution < -0.4 is 10.5 Å². The average Bonchev–Trinajstić information content (AvgIpc) is 3.17. The van der Waals surface area contributed by atoms with Gasteiger partial charge in [0.1, 0.15) is 11.0 Å². The van der Waals surface area contributed by atoms with Crippen LogP contribution in [0.3, 0.4) is 0 Å². The van der Waals surface area contributed by atoms with Crippen LogP contribution in [0.15, 0.2) is 24.4 Å². The molecule has 1 unspecified atom stereocenters. The summed E-state index contributed by atoms with van der Waals surface area (Å²) in [6.07, 6.45) is 10.8. The molecule has 1 aromatic carbocycles. The third kappa shape index (κ3) is 5.99. The molecule has 3 rings (SSSR count). The molecule has 0 aliphatic carbocycles. The molecule has 168 valence electrons. The molecule has 3 aromatic rings. The first-order valence-electron chi connectivity index (χ1n) is 11.9. The second-order valence-corrected chi connectivity index (χ2v) is 8.71. The Balaban J connectivity index is 1.85. The Labute approximate surface area is 186 Å². The molecule has 0 saturated heterocycles. The fourth-order valence-corrected chi connectivity index (χ4v) is 3.93. The first kappa shape index (κ1) is 23.1. The molecule has 0 radical (unpaired) electrons. The number of anilines is 1. The number of fused-ring (bicyclic) bond motifs is 1. The number of aromatic nitrogens is 3. The van der Waals surface area contributed by atoms with Gasteiger partial charge >= 0.3 is 6.01 Å². The number of ether oxygens (including phenoxy) is 1. The molecule has 31 heavy (non-hydrogen) atoms. The van der Waals surface area contributed by atoms with Crippen molar-refractivity contribution in [3.05, 3.63) is 46.6 Å². The minimum atomic E-state index is 0.367. The number of unbranched alkanes of at least 4 members (excludes halogenated alkanes) is 1. The highest BCUT2D eigenvalue weighted by molar-refractivity contribution is 5.87. The average molecular weight is 423 g/mol. The molecule has 5 nitrogen and oxygen atoms in total. The lowest BCUT2D eigenvalue weighted by Crippen LogP contribution is -2.04. The predicted molar refractivity (Wildman–Crippen MR) is 130 cm³/mol. The minimum absolute atomic E-state index is 0.367. The summed E-state index contributed by atoms with van der Waals surface area (Å²) in [6.45, 7) is 9.62. The normalized spacial score (nSPS) is 12.4. The molecule has 0 fully saturated rings. The summed E-state index contributed by atoms with van der Waals surface area (Å²) < 4.78 is 5.72. The van der Waals surface area contributed by atoms with E-state index in [-0.39, 0.29) is 0 Å². The third-order valence-electron chi connectivity index (χ3n) is 6.13. The smallest absolute Gasteiger partial charge is 0.319 e. The molecule has 0 saturated carbocycles. The van der Waals surface area contributed by atoms with E-state index in [0.717, 1.165) is 54.6 Å². The monoisotopic (exact) mass is 422 g/mol. The molecule has 0 aliphatic rings. The predicted octanol–water partition coefficient (Wildman–Crippen LogP) is 6.24. The largest absolute Gasteiger partial charge is 0.463 e. The van der Waals surface area contributed by atoms with Crippen LogP contribution >= 0.6 is 0 Å². The van der Waals surface area contributed by atoms with Crippen LogP contribution in [0, 0.1) is 5.92 Å². The van der Waals surface area contributed by atoms with Gasteiger partial charge in [0.2, 0.25) is 0 Å². The molecule has 5 heteroatoms. The van der Waals surface area contributed by atoms with Crippen molar-refractivity contribution in [2.75, 3.05) is 12.3 Å². The first-order valence-corrected chi connectivity index (χ1v) is 11.9. The molecule has 3 N–H and O–H groups in total. The molecule has 0 bridgehead atoms. The van der Waals surface area contributed by atoms with Crippen LogP contribution in [-0.4, -0.2) is 21.6 Å². The van der Waals surface area contributed by atoms with Crippen molar-refractivity contribution in [1.82, 2.24) is 15.0 Å². The van der Waals surface area contributed by atoms with E-state index >= 15 is 0 Å². The second-order valence-electron chi connectivity index (χ2n) is 8.71. The van der Waals surface area contributed by atoms with E-state index in [0.29, 0.717) is 18.4 Å². The van der Waals surface area contributed by atoms with Crippen molar-refractivity contribution in [2.45, 2.75) is 79.1 Å².